The van der Waals surface area contributed by atoms with E-state index in [4.69, 9.17) is 4.74 Å². The lowest BCUT2D eigenvalue weighted by Crippen LogP contribution is -2.38. The molecule has 5 heteroatoms. The van der Waals surface area contributed by atoms with Crippen LogP contribution in [0.15, 0.2) is 47.8 Å². The Labute approximate surface area is 172 Å². The number of likely N-dealkylation sites (tertiary alicyclic amines) is 1. The van der Waals surface area contributed by atoms with Gasteiger partial charge in [-0.05, 0) is 61.7 Å². The summed E-state index contributed by atoms with van der Waals surface area (Å²) in [5.74, 6) is 0.776. The van der Waals surface area contributed by atoms with E-state index in [2.05, 4.69) is 39.9 Å². The van der Waals surface area contributed by atoms with Crippen LogP contribution in [-0.4, -0.2) is 43.7 Å². The number of hydrogen-bond acceptors (Lipinski definition) is 4. The number of hydrogen-bond donors (Lipinski definition) is 1. The van der Waals surface area contributed by atoms with Crippen molar-refractivity contribution in [3.8, 4) is 0 Å². The van der Waals surface area contributed by atoms with Crippen LogP contribution in [-0.2, 0) is 22.5 Å². The van der Waals surface area contributed by atoms with Crippen molar-refractivity contribution < 1.29 is 9.53 Å². The lowest BCUT2D eigenvalue weighted by atomic mass is 9.96. The average Bonchev–Trinajstić information content (AvgIpc) is 3.24. The summed E-state index contributed by atoms with van der Waals surface area (Å²) < 4.78 is 5.65. The van der Waals surface area contributed by atoms with Gasteiger partial charge in [0.15, 0.2) is 0 Å². The van der Waals surface area contributed by atoms with E-state index in [-0.39, 0.29) is 5.91 Å². The molecule has 0 aliphatic carbocycles. The van der Waals surface area contributed by atoms with Gasteiger partial charge in [-0.15, -0.1) is 11.3 Å². The fourth-order valence-electron chi connectivity index (χ4n) is 3.59. The van der Waals surface area contributed by atoms with E-state index in [0.717, 1.165) is 45.6 Å². The number of rotatable bonds is 11. The summed E-state index contributed by atoms with van der Waals surface area (Å²) in [6.07, 6.45) is 4.63. The number of nitrogens with one attached hydrogen (secondary N) is 1. The molecule has 0 radical (unpaired) electrons. The minimum Gasteiger partial charge on any atom is -0.381 e. The molecule has 1 saturated heterocycles. The van der Waals surface area contributed by atoms with Crippen LogP contribution in [0.25, 0.3) is 0 Å². The first-order chi connectivity index (χ1) is 13.8. The number of thiophene rings is 1. The second-order valence-electron chi connectivity index (χ2n) is 7.55. The minimum absolute atomic E-state index is 0.160. The van der Waals surface area contributed by atoms with Crippen LogP contribution in [0.3, 0.4) is 0 Å². The Kier molecular flexibility index (Phi) is 9.01. The molecule has 0 bridgehead atoms. The van der Waals surface area contributed by atoms with Crippen LogP contribution in [0.4, 0.5) is 0 Å². The molecule has 28 heavy (non-hydrogen) atoms. The fraction of sp³-hybridized carbons (Fsp3) is 0.522. The van der Waals surface area contributed by atoms with Crippen molar-refractivity contribution in [2.45, 2.75) is 38.6 Å². The summed E-state index contributed by atoms with van der Waals surface area (Å²) >= 11 is 1.83. The largest absolute Gasteiger partial charge is 0.381 e. The van der Waals surface area contributed by atoms with Crippen molar-refractivity contribution in [2.24, 2.45) is 5.92 Å². The van der Waals surface area contributed by atoms with Gasteiger partial charge in [0.1, 0.15) is 0 Å². The van der Waals surface area contributed by atoms with E-state index in [1.165, 1.54) is 23.3 Å². The SMILES string of the molecule is O=C(CCCOCCc1ccccc1)NCC1CCN(Cc2cccs2)CC1. The molecule has 1 aliphatic rings. The third-order valence-electron chi connectivity index (χ3n) is 5.33. The topological polar surface area (TPSA) is 41.6 Å². The molecule has 1 amide bonds. The van der Waals surface area contributed by atoms with Crippen molar-refractivity contribution in [3.63, 3.8) is 0 Å². The molecule has 2 aromatic rings. The monoisotopic (exact) mass is 400 g/mol. The second-order valence-corrected chi connectivity index (χ2v) is 8.59. The zero-order chi connectivity index (χ0) is 19.4. The normalized spacial score (nSPS) is 15.6. The summed E-state index contributed by atoms with van der Waals surface area (Å²) in [7, 11) is 0. The molecule has 0 saturated carbocycles. The Hall–Kier alpha value is -1.69. The molecule has 4 nitrogen and oxygen atoms in total. The summed E-state index contributed by atoms with van der Waals surface area (Å²) in [5.41, 5.74) is 1.29. The first-order valence-electron chi connectivity index (χ1n) is 10.4. The molecule has 1 N–H and O–H groups in total. The first-order valence-corrected chi connectivity index (χ1v) is 11.3. The standard InChI is InChI=1S/C23H32N2O2S/c26-23(9-4-15-27-16-12-20-6-2-1-3-7-20)24-18-21-10-13-25(14-11-21)19-22-8-5-17-28-22/h1-3,5-8,17,21H,4,9-16,18-19H2,(H,24,26). The fourth-order valence-corrected chi connectivity index (χ4v) is 4.34. The molecule has 1 aliphatic heterocycles. The van der Waals surface area contributed by atoms with Crippen molar-refractivity contribution in [3.05, 3.63) is 58.3 Å². The van der Waals surface area contributed by atoms with E-state index < -0.39 is 0 Å². The Balaban J connectivity index is 1.18. The third kappa shape index (κ3) is 7.74. The highest BCUT2D eigenvalue weighted by Gasteiger charge is 2.19. The van der Waals surface area contributed by atoms with E-state index in [0.29, 0.717) is 18.9 Å². The lowest BCUT2D eigenvalue weighted by Gasteiger charge is -2.31. The minimum atomic E-state index is 0.160. The maximum atomic E-state index is 12.0. The van der Waals surface area contributed by atoms with Gasteiger partial charge >= 0.3 is 0 Å². The lowest BCUT2D eigenvalue weighted by molar-refractivity contribution is -0.121. The third-order valence-corrected chi connectivity index (χ3v) is 6.19. The van der Waals surface area contributed by atoms with Gasteiger partial charge in [-0.2, -0.15) is 0 Å². The van der Waals surface area contributed by atoms with Gasteiger partial charge < -0.3 is 10.1 Å². The second kappa shape index (κ2) is 12.0. The van der Waals surface area contributed by atoms with Crippen molar-refractivity contribution >= 4 is 17.2 Å². The Morgan fingerprint density at radius 2 is 1.93 bits per heavy atom. The van der Waals surface area contributed by atoms with Gasteiger partial charge in [-0.1, -0.05) is 36.4 Å². The van der Waals surface area contributed by atoms with E-state index in [1.807, 2.05) is 29.5 Å². The molecule has 2 heterocycles. The number of amides is 1. The van der Waals surface area contributed by atoms with Crippen LogP contribution in [0.2, 0.25) is 0 Å². The molecule has 1 aromatic carbocycles. The number of carbonyl (C=O) groups is 1. The molecule has 1 aromatic heterocycles. The van der Waals surface area contributed by atoms with Crippen LogP contribution >= 0.6 is 11.3 Å². The van der Waals surface area contributed by atoms with E-state index in [1.54, 1.807) is 0 Å². The van der Waals surface area contributed by atoms with Crippen molar-refractivity contribution in [2.75, 3.05) is 32.8 Å². The first kappa shape index (κ1) is 21.0. The molecule has 1 fully saturated rings. The van der Waals surface area contributed by atoms with Crippen LogP contribution in [0.5, 0.6) is 0 Å². The number of carbonyl (C=O) groups excluding carboxylic acids is 1. The maximum Gasteiger partial charge on any atom is 0.220 e. The molecular weight excluding hydrogens is 368 g/mol. The van der Waals surface area contributed by atoms with Crippen LogP contribution in [0.1, 0.15) is 36.1 Å². The molecule has 0 atom stereocenters. The van der Waals surface area contributed by atoms with Crippen LogP contribution < -0.4 is 5.32 Å². The highest BCUT2D eigenvalue weighted by atomic mass is 32.1. The van der Waals surface area contributed by atoms with Gasteiger partial charge in [0.05, 0.1) is 6.61 Å². The highest BCUT2D eigenvalue weighted by molar-refractivity contribution is 7.09. The quantitative estimate of drug-likeness (QED) is 0.577. The molecule has 0 spiro atoms. The predicted octanol–water partition coefficient (Wildman–Crippen LogP) is 4.12. The number of piperidine rings is 1. The van der Waals surface area contributed by atoms with Crippen molar-refractivity contribution in [1.29, 1.82) is 0 Å². The zero-order valence-electron chi connectivity index (χ0n) is 16.6. The Bertz CT molecular complexity index is 667. The van der Waals surface area contributed by atoms with Gasteiger partial charge in [-0.3, -0.25) is 9.69 Å². The molecule has 0 unspecified atom stereocenters. The zero-order valence-corrected chi connectivity index (χ0v) is 17.5. The maximum absolute atomic E-state index is 12.0. The molecule has 3 rings (SSSR count). The average molecular weight is 401 g/mol. The van der Waals surface area contributed by atoms with Crippen LogP contribution in [0, 0.1) is 5.92 Å². The number of benzene rings is 1. The number of ether oxygens (including phenoxy) is 1. The predicted molar refractivity (Wildman–Crippen MR) is 116 cm³/mol. The summed E-state index contributed by atoms with van der Waals surface area (Å²) in [4.78, 5) is 16.0. The molecular formula is C23H32N2O2S. The number of nitrogens with zero attached hydrogens (tertiary/aromatic N) is 1. The van der Waals surface area contributed by atoms with Gasteiger partial charge in [-0.25, -0.2) is 0 Å². The van der Waals surface area contributed by atoms with E-state index in [9.17, 15) is 4.79 Å². The Morgan fingerprint density at radius 1 is 1.11 bits per heavy atom. The summed E-state index contributed by atoms with van der Waals surface area (Å²) in [6, 6.07) is 14.7. The summed E-state index contributed by atoms with van der Waals surface area (Å²) in [6.45, 7) is 5.53. The Morgan fingerprint density at radius 3 is 2.68 bits per heavy atom. The van der Waals surface area contributed by atoms with Gasteiger partial charge in [0.25, 0.3) is 0 Å². The van der Waals surface area contributed by atoms with Gasteiger partial charge in [0.2, 0.25) is 5.91 Å². The molecule has 152 valence electrons. The summed E-state index contributed by atoms with van der Waals surface area (Å²) in [5, 5.41) is 5.26. The van der Waals surface area contributed by atoms with E-state index >= 15 is 0 Å². The highest BCUT2D eigenvalue weighted by Crippen LogP contribution is 2.20. The smallest absolute Gasteiger partial charge is 0.220 e. The van der Waals surface area contributed by atoms with Gasteiger partial charge in [0, 0.05) is 31.0 Å². The van der Waals surface area contributed by atoms with Crippen molar-refractivity contribution in [1.82, 2.24) is 10.2 Å².